The fraction of sp³-hybridized carbons (Fsp3) is 0.200. The molecule has 1 fully saturated rings. The molecular weight excluding hydrogens is 217 g/mol. The molecule has 0 atom stereocenters. The van der Waals surface area contributed by atoms with Crippen molar-refractivity contribution < 1.29 is 23.8 Å². The van der Waals surface area contributed by atoms with Gasteiger partial charge in [0.2, 0.25) is 0 Å². The van der Waals surface area contributed by atoms with Crippen molar-refractivity contribution in [1.82, 2.24) is 0 Å². The Balaban J connectivity index is 2.38. The first-order valence-electron chi connectivity index (χ1n) is 4.51. The van der Waals surface area contributed by atoms with Gasteiger partial charge in [-0.1, -0.05) is 0 Å². The van der Waals surface area contributed by atoms with Crippen molar-refractivity contribution >= 4 is 17.5 Å². The van der Waals surface area contributed by atoms with Crippen LogP contribution in [-0.2, 0) is 14.3 Å². The number of nitrogens with zero attached hydrogens (tertiary/aromatic N) is 1. The van der Waals surface area contributed by atoms with E-state index in [1.807, 2.05) is 0 Å². The zero-order valence-corrected chi connectivity index (χ0v) is 8.14. The van der Waals surface area contributed by atoms with E-state index in [0.29, 0.717) is 0 Å². The van der Waals surface area contributed by atoms with Crippen LogP contribution in [0.25, 0.3) is 0 Å². The van der Waals surface area contributed by atoms with Crippen molar-refractivity contribution in [2.45, 2.75) is 0 Å². The van der Waals surface area contributed by atoms with E-state index in [1.54, 1.807) is 0 Å². The first-order chi connectivity index (χ1) is 7.59. The minimum atomic E-state index is -0.885. The Morgan fingerprint density at radius 3 is 2.44 bits per heavy atom. The highest BCUT2D eigenvalue weighted by Gasteiger charge is 2.28. The highest BCUT2D eigenvalue weighted by molar-refractivity contribution is 6.16. The molecule has 1 saturated heterocycles. The molecule has 1 aliphatic heterocycles. The van der Waals surface area contributed by atoms with Crippen LogP contribution in [0.4, 0.5) is 10.1 Å². The summed E-state index contributed by atoms with van der Waals surface area (Å²) in [5, 5.41) is 8.99. The molecule has 6 heteroatoms. The van der Waals surface area contributed by atoms with Gasteiger partial charge in [0, 0.05) is 6.07 Å². The number of phenols is 1. The zero-order valence-electron chi connectivity index (χ0n) is 8.14. The lowest BCUT2D eigenvalue weighted by Crippen LogP contribution is -2.46. The van der Waals surface area contributed by atoms with Crippen LogP contribution >= 0.6 is 0 Å². The number of hydrogen-bond donors (Lipinski definition) is 1. The summed E-state index contributed by atoms with van der Waals surface area (Å²) in [5.41, 5.74) is 0.0913. The summed E-state index contributed by atoms with van der Waals surface area (Å²) in [6.45, 7) is -0.428. The molecule has 84 valence electrons. The molecule has 2 rings (SSSR count). The van der Waals surface area contributed by atoms with Crippen LogP contribution in [0, 0.1) is 5.82 Å². The van der Waals surface area contributed by atoms with Gasteiger partial charge in [-0.05, 0) is 12.1 Å². The number of rotatable bonds is 1. The van der Waals surface area contributed by atoms with E-state index in [1.165, 1.54) is 6.07 Å². The van der Waals surface area contributed by atoms with E-state index >= 15 is 0 Å². The molecule has 2 amide bonds. The van der Waals surface area contributed by atoms with Crippen LogP contribution in [-0.4, -0.2) is 30.1 Å². The second-order valence-corrected chi connectivity index (χ2v) is 3.25. The fourth-order valence-electron chi connectivity index (χ4n) is 1.42. The van der Waals surface area contributed by atoms with Crippen molar-refractivity contribution in [2.75, 3.05) is 18.1 Å². The summed E-state index contributed by atoms with van der Waals surface area (Å²) >= 11 is 0. The number of anilines is 1. The minimum absolute atomic E-state index is 0.0913. The standard InChI is InChI=1S/C10H8FNO4/c11-7-3-6(1-2-8(7)13)12-9(14)4-16-5-10(12)15/h1-3,13H,4-5H2. The third-order valence-electron chi connectivity index (χ3n) is 2.14. The normalized spacial score (nSPS) is 16.7. The number of carbonyl (C=O) groups is 2. The molecule has 0 bridgehead atoms. The van der Waals surface area contributed by atoms with Crippen LogP contribution in [0.3, 0.4) is 0 Å². The fourth-order valence-corrected chi connectivity index (χ4v) is 1.42. The number of phenolic OH excluding ortho intramolecular Hbond substituents is 1. The minimum Gasteiger partial charge on any atom is -0.505 e. The predicted molar refractivity (Wildman–Crippen MR) is 51.4 cm³/mol. The summed E-state index contributed by atoms with van der Waals surface area (Å²) in [6, 6.07) is 3.30. The zero-order chi connectivity index (χ0) is 11.7. The number of aromatic hydroxyl groups is 1. The molecule has 16 heavy (non-hydrogen) atoms. The number of hydrogen-bond acceptors (Lipinski definition) is 4. The molecule has 1 aromatic carbocycles. The smallest absolute Gasteiger partial charge is 0.259 e. The van der Waals surface area contributed by atoms with E-state index in [-0.39, 0.29) is 18.9 Å². The third-order valence-corrected chi connectivity index (χ3v) is 2.14. The van der Waals surface area contributed by atoms with Gasteiger partial charge in [-0.25, -0.2) is 9.29 Å². The number of morpholine rings is 1. The third kappa shape index (κ3) is 1.74. The molecule has 0 radical (unpaired) electrons. The van der Waals surface area contributed by atoms with Gasteiger partial charge in [0.1, 0.15) is 13.2 Å². The van der Waals surface area contributed by atoms with Crippen LogP contribution in [0.1, 0.15) is 0 Å². The molecule has 1 heterocycles. The Bertz CT molecular complexity index is 444. The van der Waals surface area contributed by atoms with Crippen molar-refractivity contribution in [1.29, 1.82) is 0 Å². The molecule has 1 N–H and O–H groups in total. The molecule has 0 aromatic heterocycles. The number of ether oxygens (including phenoxy) is 1. The van der Waals surface area contributed by atoms with Crippen LogP contribution in [0.15, 0.2) is 18.2 Å². The quantitative estimate of drug-likeness (QED) is 0.703. The van der Waals surface area contributed by atoms with Gasteiger partial charge < -0.3 is 9.84 Å². The Morgan fingerprint density at radius 2 is 1.88 bits per heavy atom. The summed E-state index contributed by atoms with van der Waals surface area (Å²) < 4.78 is 17.8. The maximum atomic E-state index is 13.1. The largest absolute Gasteiger partial charge is 0.505 e. The lowest BCUT2D eigenvalue weighted by molar-refractivity contribution is -0.138. The predicted octanol–water partition coefficient (Wildman–Crippen LogP) is 0.421. The highest BCUT2D eigenvalue weighted by atomic mass is 19.1. The van der Waals surface area contributed by atoms with Gasteiger partial charge >= 0.3 is 0 Å². The number of halogens is 1. The highest BCUT2D eigenvalue weighted by Crippen LogP contribution is 2.23. The van der Waals surface area contributed by atoms with Crippen LogP contribution in [0.2, 0.25) is 0 Å². The van der Waals surface area contributed by atoms with Gasteiger partial charge in [0.15, 0.2) is 11.6 Å². The van der Waals surface area contributed by atoms with Gasteiger partial charge in [-0.3, -0.25) is 9.59 Å². The van der Waals surface area contributed by atoms with Crippen molar-refractivity contribution in [3.8, 4) is 5.75 Å². The van der Waals surface area contributed by atoms with E-state index in [4.69, 9.17) is 9.84 Å². The summed E-state index contributed by atoms with van der Waals surface area (Å²) in [5.74, 6) is -2.52. The van der Waals surface area contributed by atoms with E-state index in [2.05, 4.69) is 0 Å². The second kappa shape index (κ2) is 3.90. The average molecular weight is 225 g/mol. The van der Waals surface area contributed by atoms with Crippen LogP contribution in [0.5, 0.6) is 5.75 Å². The lowest BCUT2D eigenvalue weighted by atomic mass is 10.2. The van der Waals surface area contributed by atoms with Gasteiger partial charge in [0.25, 0.3) is 11.8 Å². The molecule has 1 aliphatic rings. The summed E-state index contributed by atoms with van der Waals surface area (Å²) in [7, 11) is 0. The maximum absolute atomic E-state index is 13.1. The van der Waals surface area contributed by atoms with Gasteiger partial charge in [-0.2, -0.15) is 0 Å². The first-order valence-corrected chi connectivity index (χ1v) is 4.51. The Hall–Kier alpha value is -1.95. The molecule has 0 unspecified atom stereocenters. The monoisotopic (exact) mass is 225 g/mol. The second-order valence-electron chi connectivity index (χ2n) is 3.25. The molecule has 5 nitrogen and oxygen atoms in total. The van der Waals surface area contributed by atoms with E-state index in [0.717, 1.165) is 17.0 Å². The molecule has 0 spiro atoms. The molecule has 0 aliphatic carbocycles. The van der Waals surface area contributed by atoms with Crippen molar-refractivity contribution in [3.05, 3.63) is 24.0 Å². The Morgan fingerprint density at radius 1 is 1.25 bits per heavy atom. The van der Waals surface area contributed by atoms with E-state index < -0.39 is 23.4 Å². The lowest BCUT2D eigenvalue weighted by Gasteiger charge is -2.24. The average Bonchev–Trinajstić information content (AvgIpc) is 2.23. The number of benzene rings is 1. The van der Waals surface area contributed by atoms with Crippen molar-refractivity contribution in [3.63, 3.8) is 0 Å². The number of amides is 2. The van der Waals surface area contributed by atoms with Gasteiger partial charge in [-0.15, -0.1) is 0 Å². The maximum Gasteiger partial charge on any atom is 0.259 e. The molecule has 1 aromatic rings. The van der Waals surface area contributed by atoms with Crippen molar-refractivity contribution in [2.24, 2.45) is 0 Å². The summed E-state index contributed by atoms with van der Waals surface area (Å²) in [4.78, 5) is 23.6. The number of carbonyl (C=O) groups excluding carboxylic acids is 2. The number of imide groups is 1. The Kier molecular flexibility index (Phi) is 2.57. The van der Waals surface area contributed by atoms with Crippen LogP contribution < -0.4 is 4.90 Å². The SMILES string of the molecule is O=C1COCC(=O)N1c1ccc(O)c(F)c1. The summed E-state index contributed by atoms with van der Waals surface area (Å²) in [6.07, 6.45) is 0. The topological polar surface area (TPSA) is 66.8 Å². The molecule has 0 saturated carbocycles. The van der Waals surface area contributed by atoms with Gasteiger partial charge in [0.05, 0.1) is 5.69 Å². The van der Waals surface area contributed by atoms with E-state index in [9.17, 15) is 14.0 Å². The Labute approximate surface area is 90.0 Å². The first kappa shape index (κ1) is 10.6. The molecular formula is C10H8FNO4.